The van der Waals surface area contributed by atoms with Crippen LogP contribution in [0.3, 0.4) is 0 Å². The molecule has 3 N–H and O–H groups in total. The second-order valence-corrected chi connectivity index (χ2v) is 6.75. The summed E-state index contributed by atoms with van der Waals surface area (Å²) < 4.78 is 17.0. The van der Waals surface area contributed by atoms with Crippen molar-refractivity contribution in [2.75, 3.05) is 18.9 Å². The molecule has 0 radical (unpaired) electrons. The average Bonchev–Trinajstić information content (AvgIpc) is 2.99. The largest absolute Gasteiger partial charge is 0.475 e. The lowest BCUT2D eigenvalue weighted by Crippen LogP contribution is -2.25. The summed E-state index contributed by atoms with van der Waals surface area (Å²) in [5, 5.41) is 9.42. The van der Waals surface area contributed by atoms with Crippen molar-refractivity contribution in [1.82, 2.24) is 9.97 Å². The number of aromatic nitrogens is 2. The van der Waals surface area contributed by atoms with Gasteiger partial charge in [-0.15, -0.1) is 0 Å². The lowest BCUT2D eigenvalue weighted by atomic mass is 10.0. The first-order valence-corrected chi connectivity index (χ1v) is 8.49. The molecule has 1 aliphatic rings. The first-order chi connectivity index (χ1) is 12.8. The second kappa shape index (κ2) is 7.33. The molecule has 0 bridgehead atoms. The summed E-state index contributed by atoms with van der Waals surface area (Å²) in [5.74, 6) is -0.101. The van der Waals surface area contributed by atoms with Crippen LogP contribution in [-0.4, -0.2) is 35.1 Å². The molecule has 3 rings (SSSR count). The van der Waals surface area contributed by atoms with Gasteiger partial charge in [0, 0.05) is 17.8 Å². The molecule has 1 saturated heterocycles. The average molecular weight is 383 g/mol. The molecule has 0 spiro atoms. The van der Waals surface area contributed by atoms with Crippen molar-refractivity contribution in [3.05, 3.63) is 40.0 Å². The molecule has 8 nitrogen and oxygen atoms in total. The number of hydrogen-bond donors (Lipinski definition) is 2. The third-order valence-electron chi connectivity index (χ3n) is 3.95. The molecule has 2 aromatic rings. The van der Waals surface area contributed by atoms with Gasteiger partial charge >= 0.3 is 0 Å². The summed E-state index contributed by atoms with van der Waals surface area (Å²) in [6.07, 6.45) is 1.34. The number of nitrogen functional groups attached to an aromatic ring is 1. The van der Waals surface area contributed by atoms with Gasteiger partial charge in [-0.3, -0.25) is 0 Å². The van der Waals surface area contributed by atoms with E-state index >= 15 is 0 Å². The van der Waals surface area contributed by atoms with Gasteiger partial charge in [0.1, 0.15) is 29.2 Å². The number of ether oxygens (including phenoxy) is 3. The highest BCUT2D eigenvalue weighted by molar-refractivity contribution is 7.71. The monoisotopic (exact) mass is 383 g/mol. The molecule has 1 atom stereocenters. The van der Waals surface area contributed by atoms with E-state index in [1.54, 1.807) is 12.1 Å². The van der Waals surface area contributed by atoms with E-state index in [1.165, 1.54) is 6.20 Å². The third-order valence-corrected chi connectivity index (χ3v) is 4.26. The van der Waals surface area contributed by atoms with E-state index in [9.17, 15) is 5.26 Å². The number of aromatic amines is 1. The number of nitrogens with two attached hydrogens (primary N) is 1. The van der Waals surface area contributed by atoms with Gasteiger partial charge in [-0.1, -0.05) is 12.2 Å². The summed E-state index contributed by atoms with van der Waals surface area (Å²) in [5.41, 5.74) is 7.08. The first-order valence-electron chi connectivity index (χ1n) is 8.09. The molecule has 0 saturated carbocycles. The maximum atomic E-state index is 9.42. The molecule has 1 fully saturated rings. The van der Waals surface area contributed by atoms with Crippen molar-refractivity contribution in [3.8, 4) is 23.1 Å². The zero-order valence-electron chi connectivity index (χ0n) is 14.8. The van der Waals surface area contributed by atoms with Crippen LogP contribution in [0.2, 0.25) is 0 Å². The normalized spacial score (nSPS) is 17.9. The van der Waals surface area contributed by atoms with E-state index in [1.807, 2.05) is 19.9 Å². The predicted molar refractivity (Wildman–Crippen MR) is 101 cm³/mol. The van der Waals surface area contributed by atoms with Crippen molar-refractivity contribution in [1.29, 1.82) is 5.26 Å². The molecule has 2 aromatic heterocycles. The number of hydrogen-bond acceptors (Lipinski definition) is 7. The fourth-order valence-corrected chi connectivity index (χ4v) is 3.01. The Hall–Kier alpha value is -2.98. The minimum Gasteiger partial charge on any atom is -0.475 e. The quantitative estimate of drug-likeness (QED) is 0.615. The van der Waals surface area contributed by atoms with Crippen molar-refractivity contribution in [3.63, 3.8) is 0 Å². The number of rotatable bonds is 4. The number of anilines is 1. The Labute approximate surface area is 161 Å². The Balaban J connectivity index is 1.84. The standard InChI is InChI=1S/C18H17N5O3S/c1-18(2)25-9-11(26-18)8-24-13-5-4-10(7-22-13)14-12(6-19)17(27)23-16(20)15(14)21-3/h4-5,7,11H,8-9H2,1-2H3,(H3,20,23,27)/t11-/m1/s1. The fraction of sp³-hybridized carbons (Fsp3) is 0.333. The van der Waals surface area contributed by atoms with Crippen LogP contribution in [0.15, 0.2) is 18.3 Å². The Bertz CT molecular complexity index is 1000. The molecule has 1 aliphatic heterocycles. The van der Waals surface area contributed by atoms with E-state index in [0.29, 0.717) is 30.2 Å². The van der Waals surface area contributed by atoms with E-state index in [2.05, 4.69) is 14.8 Å². The maximum absolute atomic E-state index is 9.42. The van der Waals surface area contributed by atoms with E-state index < -0.39 is 5.79 Å². The third kappa shape index (κ3) is 3.91. The van der Waals surface area contributed by atoms with Gasteiger partial charge in [0.15, 0.2) is 5.79 Å². The number of pyridine rings is 2. The van der Waals surface area contributed by atoms with Crippen LogP contribution in [0.25, 0.3) is 16.0 Å². The molecule has 0 aromatic carbocycles. The Morgan fingerprint density at radius 3 is 2.89 bits per heavy atom. The molecule has 138 valence electrons. The minimum atomic E-state index is -0.610. The van der Waals surface area contributed by atoms with Gasteiger partial charge in [-0.05, 0) is 25.5 Å². The summed E-state index contributed by atoms with van der Waals surface area (Å²) in [7, 11) is 0. The van der Waals surface area contributed by atoms with Gasteiger partial charge in [-0.2, -0.15) is 5.26 Å². The maximum Gasteiger partial charge on any atom is 0.234 e. The number of H-pyrrole nitrogens is 1. The Kier molecular flexibility index (Phi) is 5.10. The van der Waals surface area contributed by atoms with Crippen molar-refractivity contribution < 1.29 is 14.2 Å². The number of nitrogens with zero attached hydrogens (tertiary/aromatic N) is 3. The molecule has 27 heavy (non-hydrogen) atoms. The van der Waals surface area contributed by atoms with Crippen LogP contribution in [-0.2, 0) is 9.47 Å². The summed E-state index contributed by atoms with van der Waals surface area (Å²) in [4.78, 5) is 10.3. The van der Waals surface area contributed by atoms with Gasteiger partial charge in [0.25, 0.3) is 0 Å². The van der Waals surface area contributed by atoms with Crippen LogP contribution < -0.4 is 10.5 Å². The van der Waals surface area contributed by atoms with Crippen LogP contribution in [0.1, 0.15) is 19.4 Å². The predicted octanol–water partition coefficient (Wildman–Crippen LogP) is 3.34. The lowest BCUT2D eigenvalue weighted by molar-refractivity contribution is -0.141. The fourth-order valence-electron chi connectivity index (χ4n) is 2.75. The zero-order chi connectivity index (χ0) is 19.6. The summed E-state index contributed by atoms with van der Waals surface area (Å²) in [6, 6.07) is 5.38. The summed E-state index contributed by atoms with van der Waals surface area (Å²) >= 11 is 5.15. The smallest absolute Gasteiger partial charge is 0.234 e. The summed E-state index contributed by atoms with van der Waals surface area (Å²) in [6.45, 7) is 11.8. The SMILES string of the molecule is [C-]#[N+]c1c(N)[nH]c(=S)c(C#N)c1-c1ccc(OC[C@@H]2COC(C)(C)O2)nc1. The van der Waals surface area contributed by atoms with E-state index in [-0.39, 0.29) is 27.8 Å². The van der Waals surface area contributed by atoms with Gasteiger partial charge in [-0.25, -0.2) is 9.83 Å². The molecular formula is C18H17N5O3S. The highest BCUT2D eigenvalue weighted by Gasteiger charge is 2.33. The van der Waals surface area contributed by atoms with Crippen LogP contribution in [0.4, 0.5) is 11.5 Å². The zero-order valence-corrected chi connectivity index (χ0v) is 15.6. The van der Waals surface area contributed by atoms with Crippen LogP contribution in [0.5, 0.6) is 5.88 Å². The Morgan fingerprint density at radius 2 is 2.33 bits per heavy atom. The Morgan fingerprint density at radius 1 is 1.56 bits per heavy atom. The molecule has 9 heteroatoms. The van der Waals surface area contributed by atoms with Crippen LogP contribution >= 0.6 is 12.2 Å². The topological polar surface area (TPSA) is 111 Å². The van der Waals surface area contributed by atoms with E-state index in [4.69, 9.17) is 38.7 Å². The number of nitriles is 1. The molecule has 0 aliphatic carbocycles. The molecule has 3 heterocycles. The van der Waals surface area contributed by atoms with Crippen molar-refractivity contribution in [2.24, 2.45) is 0 Å². The second-order valence-electron chi connectivity index (χ2n) is 6.34. The van der Waals surface area contributed by atoms with Crippen molar-refractivity contribution in [2.45, 2.75) is 25.7 Å². The highest BCUT2D eigenvalue weighted by atomic mass is 32.1. The number of nitrogens with one attached hydrogen (secondary N) is 1. The van der Waals surface area contributed by atoms with E-state index in [0.717, 1.165) is 0 Å². The lowest BCUT2D eigenvalue weighted by Gasteiger charge is -2.17. The highest BCUT2D eigenvalue weighted by Crippen LogP contribution is 2.37. The van der Waals surface area contributed by atoms with Crippen LogP contribution in [0, 0.1) is 22.5 Å². The molecule has 0 unspecified atom stereocenters. The van der Waals surface area contributed by atoms with Gasteiger partial charge in [0.2, 0.25) is 11.6 Å². The van der Waals surface area contributed by atoms with Gasteiger partial charge < -0.3 is 24.9 Å². The minimum absolute atomic E-state index is 0.116. The molecular weight excluding hydrogens is 366 g/mol. The molecule has 0 amide bonds. The van der Waals surface area contributed by atoms with Gasteiger partial charge in [0.05, 0.1) is 18.7 Å². The van der Waals surface area contributed by atoms with Crippen molar-refractivity contribution >= 4 is 23.7 Å². The first kappa shape index (κ1) is 18.8.